The standard InChI is InChI=1S/C14H17ClFNO3S/c1-8(2)14(9(3)18)17-13(19)7-21(20)10-4-5-12(16)11(15)6-10/h4-6,8,14H,7H2,1-3H3,(H,17,19). The van der Waals surface area contributed by atoms with Gasteiger partial charge < -0.3 is 5.32 Å². The highest BCUT2D eigenvalue weighted by atomic mass is 35.5. The van der Waals surface area contributed by atoms with Crippen molar-refractivity contribution >= 4 is 34.1 Å². The third-order valence-electron chi connectivity index (χ3n) is 2.84. The first-order valence-corrected chi connectivity index (χ1v) is 8.05. The van der Waals surface area contributed by atoms with Crippen LogP contribution in [0, 0.1) is 11.7 Å². The first-order chi connectivity index (χ1) is 9.72. The Hall–Kier alpha value is -1.27. The van der Waals surface area contributed by atoms with Crippen LogP contribution in [0.2, 0.25) is 5.02 Å². The van der Waals surface area contributed by atoms with Crippen LogP contribution in [0.25, 0.3) is 0 Å². The summed E-state index contributed by atoms with van der Waals surface area (Å²) in [7, 11) is -1.65. The molecule has 0 aliphatic rings. The molecule has 0 saturated carbocycles. The zero-order valence-electron chi connectivity index (χ0n) is 12.0. The lowest BCUT2D eigenvalue weighted by molar-refractivity contribution is -0.126. The molecular weight excluding hydrogens is 317 g/mol. The van der Waals surface area contributed by atoms with Crippen molar-refractivity contribution in [1.29, 1.82) is 0 Å². The van der Waals surface area contributed by atoms with E-state index in [0.29, 0.717) is 0 Å². The van der Waals surface area contributed by atoms with Crippen molar-refractivity contribution in [3.05, 3.63) is 29.0 Å². The largest absolute Gasteiger partial charge is 0.345 e. The zero-order chi connectivity index (χ0) is 16.2. The Morgan fingerprint density at radius 3 is 2.48 bits per heavy atom. The van der Waals surface area contributed by atoms with Gasteiger partial charge in [0.25, 0.3) is 0 Å². The van der Waals surface area contributed by atoms with Crippen molar-refractivity contribution in [2.75, 3.05) is 5.75 Å². The van der Waals surface area contributed by atoms with Crippen molar-refractivity contribution < 1.29 is 18.2 Å². The number of halogens is 2. The molecule has 116 valence electrons. The molecule has 1 aromatic carbocycles. The minimum atomic E-state index is -1.65. The summed E-state index contributed by atoms with van der Waals surface area (Å²) in [4.78, 5) is 23.5. The maximum atomic E-state index is 13.0. The van der Waals surface area contributed by atoms with E-state index in [1.165, 1.54) is 19.1 Å². The van der Waals surface area contributed by atoms with Gasteiger partial charge in [0.05, 0.1) is 21.9 Å². The zero-order valence-corrected chi connectivity index (χ0v) is 13.6. The Labute approximate surface area is 130 Å². The Morgan fingerprint density at radius 2 is 2.00 bits per heavy atom. The smallest absolute Gasteiger partial charge is 0.233 e. The van der Waals surface area contributed by atoms with Crippen LogP contribution in [-0.2, 0) is 20.4 Å². The van der Waals surface area contributed by atoms with Crippen molar-refractivity contribution in [3.8, 4) is 0 Å². The third kappa shape index (κ3) is 5.21. The molecule has 0 aliphatic carbocycles. The molecule has 2 atom stereocenters. The quantitative estimate of drug-likeness (QED) is 0.869. The molecule has 0 aromatic heterocycles. The van der Waals surface area contributed by atoms with Crippen molar-refractivity contribution in [1.82, 2.24) is 5.32 Å². The summed E-state index contributed by atoms with van der Waals surface area (Å²) >= 11 is 5.61. The van der Waals surface area contributed by atoms with Crippen LogP contribution >= 0.6 is 11.6 Å². The number of carbonyl (C=O) groups excluding carboxylic acids is 2. The van der Waals surface area contributed by atoms with E-state index in [-0.39, 0.29) is 27.4 Å². The second-order valence-corrected chi connectivity index (χ2v) is 6.82. The molecule has 0 saturated heterocycles. The van der Waals surface area contributed by atoms with Gasteiger partial charge in [-0.2, -0.15) is 0 Å². The van der Waals surface area contributed by atoms with Crippen LogP contribution in [0.4, 0.5) is 4.39 Å². The van der Waals surface area contributed by atoms with Crippen LogP contribution in [0.1, 0.15) is 20.8 Å². The molecule has 0 bridgehead atoms. The molecule has 1 N–H and O–H groups in total. The van der Waals surface area contributed by atoms with E-state index >= 15 is 0 Å². The highest BCUT2D eigenvalue weighted by Crippen LogP contribution is 2.18. The molecule has 7 heteroatoms. The summed E-state index contributed by atoms with van der Waals surface area (Å²) in [6.45, 7) is 5.01. The number of hydrogen-bond acceptors (Lipinski definition) is 3. The molecule has 2 unspecified atom stereocenters. The highest BCUT2D eigenvalue weighted by molar-refractivity contribution is 7.85. The molecule has 21 heavy (non-hydrogen) atoms. The van der Waals surface area contributed by atoms with E-state index in [2.05, 4.69) is 5.32 Å². The predicted octanol–water partition coefficient (Wildman–Crippen LogP) is 2.32. The molecular formula is C14H17ClFNO3S. The topological polar surface area (TPSA) is 63.2 Å². The van der Waals surface area contributed by atoms with Gasteiger partial charge in [-0.3, -0.25) is 13.8 Å². The molecule has 1 aromatic rings. The number of Topliss-reactive ketones (excluding diaryl/α,β-unsaturated/α-hetero) is 1. The lowest BCUT2D eigenvalue weighted by atomic mass is 10.0. The number of nitrogens with one attached hydrogen (secondary N) is 1. The lowest BCUT2D eigenvalue weighted by Gasteiger charge is -2.19. The van der Waals surface area contributed by atoms with Crippen LogP contribution in [-0.4, -0.2) is 27.7 Å². The summed E-state index contributed by atoms with van der Waals surface area (Å²) in [5.41, 5.74) is 0. The van der Waals surface area contributed by atoms with Gasteiger partial charge in [0.15, 0.2) is 5.78 Å². The number of hydrogen-bond donors (Lipinski definition) is 1. The Balaban J connectivity index is 2.71. The van der Waals surface area contributed by atoms with E-state index < -0.39 is 28.6 Å². The first-order valence-electron chi connectivity index (χ1n) is 6.35. The predicted molar refractivity (Wildman–Crippen MR) is 80.1 cm³/mol. The maximum absolute atomic E-state index is 13.0. The second-order valence-electron chi connectivity index (χ2n) is 4.97. The summed E-state index contributed by atoms with van der Waals surface area (Å²) in [6.07, 6.45) is 0. The Morgan fingerprint density at radius 1 is 1.38 bits per heavy atom. The maximum Gasteiger partial charge on any atom is 0.233 e. The fourth-order valence-corrected chi connectivity index (χ4v) is 2.98. The van der Waals surface area contributed by atoms with Gasteiger partial charge in [-0.15, -0.1) is 0 Å². The van der Waals surface area contributed by atoms with Crippen molar-refractivity contribution in [2.45, 2.75) is 31.7 Å². The van der Waals surface area contributed by atoms with E-state index in [1.807, 2.05) is 13.8 Å². The van der Waals surface area contributed by atoms with Crippen LogP contribution in [0.3, 0.4) is 0 Å². The fraction of sp³-hybridized carbons (Fsp3) is 0.429. The van der Waals surface area contributed by atoms with Crippen LogP contribution in [0.5, 0.6) is 0 Å². The van der Waals surface area contributed by atoms with Gasteiger partial charge in [-0.05, 0) is 31.0 Å². The molecule has 0 heterocycles. The molecule has 0 aliphatic heterocycles. The number of rotatable bonds is 6. The third-order valence-corrected chi connectivity index (χ3v) is 4.43. The summed E-state index contributed by atoms with van der Waals surface area (Å²) < 4.78 is 25.1. The average Bonchev–Trinajstić information content (AvgIpc) is 2.38. The van der Waals surface area contributed by atoms with Crippen LogP contribution in [0.15, 0.2) is 23.1 Å². The van der Waals surface area contributed by atoms with Gasteiger partial charge in [-0.25, -0.2) is 4.39 Å². The van der Waals surface area contributed by atoms with Gasteiger partial charge in [0.1, 0.15) is 11.6 Å². The number of ketones is 1. The van der Waals surface area contributed by atoms with Gasteiger partial charge in [-0.1, -0.05) is 25.4 Å². The molecule has 1 amide bonds. The lowest BCUT2D eigenvalue weighted by Crippen LogP contribution is -2.45. The van der Waals surface area contributed by atoms with E-state index in [9.17, 15) is 18.2 Å². The highest BCUT2D eigenvalue weighted by Gasteiger charge is 2.22. The average molecular weight is 334 g/mol. The van der Waals surface area contributed by atoms with E-state index in [0.717, 1.165) is 6.07 Å². The van der Waals surface area contributed by atoms with Gasteiger partial charge in [0, 0.05) is 4.90 Å². The van der Waals surface area contributed by atoms with E-state index in [1.54, 1.807) is 0 Å². The summed E-state index contributed by atoms with van der Waals surface area (Å²) in [6, 6.07) is 3.03. The SMILES string of the molecule is CC(=O)C(NC(=O)CS(=O)c1ccc(F)c(Cl)c1)C(C)C. The summed E-state index contributed by atoms with van der Waals surface area (Å²) in [5, 5.41) is 2.41. The van der Waals surface area contributed by atoms with Crippen molar-refractivity contribution in [3.63, 3.8) is 0 Å². The monoisotopic (exact) mass is 333 g/mol. The molecule has 4 nitrogen and oxygen atoms in total. The summed E-state index contributed by atoms with van der Waals surface area (Å²) in [5.74, 6) is -1.63. The van der Waals surface area contributed by atoms with Gasteiger partial charge >= 0.3 is 0 Å². The molecule has 0 spiro atoms. The minimum absolute atomic E-state index is 0.0554. The normalized spacial score (nSPS) is 13.8. The van der Waals surface area contributed by atoms with Crippen molar-refractivity contribution in [2.24, 2.45) is 5.92 Å². The molecule has 0 fully saturated rings. The van der Waals surface area contributed by atoms with E-state index in [4.69, 9.17) is 11.6 Å². The molecule has 1 rings (SSSR count). The minimum Gasteiger partial charge on any atom is -0.345 e. The fourth-order valence-electron chi connectivity index (χ4n) is 1.77. The second kappa shape index (κ2) is 7.66. The Bertz CT molecular complexity index is 577. The Kier molecular flexibility index (Phi) is 6.48. The van der Waals surface area contributed by atoms with Crippen LogP contribution < -0.4 is 5.32 Å². The first kappa shape index (κ1) is 17.8. The number of benzene rings is 1. The van der Waals surface area contributed by atoms with Gasteiger partial charge in [0.2, 0.25) is 5.91 Å². The number of amides is 1. The number of carbonyl (C=O) groups is 2. The molecule has 0 radical (unpaired) electrons.